The number of aryl methyl sites for hydroxylation is 1. The van der Waals surface area contributed by atoms with E-state index < -0.39 is 5.54 Å². The van der Waals surface area contributed by atoms with Crippen molar-refractivity contribution in [3.05, 3.63) is 150 Å². The van der Waals surface area contributed by atoms with Gasteiger partial charge in [-0.3, -0.25) is 14.8 Å². The summed E-state index contributed by atoms with van der Waals surface area (Å²) < 4.78 is 2.06. The molecule has 0 saturated heterocycles. The van der Waals surface area contributed by atoms with E-state index in [1.54, 1.807) is 12.4 Å². The maximum Gasteiger partial charge on any atom is 0.168 e. The van der Waals surface area contributed by atoms with Gasteiger partial charge in [0.2, 0.25) is 0 Å². The number of benzene rings is 3. The Morgan fingerprint density at radius 2 is 1.30 bits per heavy atom. The predicted octanol–water partition coefficient (Wildman–Crippen LogP) is 6.45. The molecule has 0 atom stereocenters. The molecule has 0 radical (unpaired) electrons. The molecule has 37 heavy (non-hydrogen) atoms. The van der Waals surface area contributed by atoms with Crippen molar-refractivity contribution in [2.45, 2.75) is 12.5 Å². The Kier molecular flexibility index (Phi) is 5.66. The molecule has 0 saturated carbocycles. The first-order valence-electron chi connectivity index (χ1n) is 12.2. The van der Waals surface area contributed by atoms with Gasteiger partial charge in [-0.05, 0) is 41.8 Å². The Morgan fingerprint density at radius 3 is 1.81 bits per heavy atom. The number of pyridine rings is 2. The van der Waals surface area contributed by atoms with Crippen LogP contribution in [0.3, 0.4) is 0 Å². The number of nitrogens with zero attached hydrogens (tertiary/aromatic N) is 4. The van der Waals surface area contributed by atoms with Crippen molar-refractivity contribution in [1.29, 1.82) is 0 Å². The number of aromatic nitrogens is 4. The Balaban J connectivity index is 1.81. The topological polar surface area (TPSA) is 60.7 Å². The van der Waals surface area contributed by atoms with Gasteiger partial charge in [0.15, 0.2) is 6.29 Å². The van der Waals surface area contributed by atoms with Crippen LogP contribution in [0.15, 0.2) is 122 Å². The lowest BCUT2D eigenvalue weighted by atomic mass is 9.77. The van der Waals surface area contributed by atoms with Crippen molar-refractivity contribution < 1.29 is 4.79 Å². The number of fused-ring (bicyclic) bond motifs is 1. The molecule has 5 nitrogen and oxygen atoms in total. The zero-order valence-electron chi connectivity index (χ0n) is 20.3. The standard InChI is InChI=1S/C32H24N4O/c1-23-19-24(17-18-33-23)31-29-21-34-28(22-37)20-30(29)36(35-31)32(25-11-5-2-6-12-25,26-13-7-3-8-14-26)27-15-9-4-10-16-27/h2-22H,1H3. The Bertz CT molecular complexity index is 1600. The molecular formula is C32H24N4O. The molecule has 6 rings (SSSR count). The molecule has 0 aliphatic rings. The van der Waals surface area contributed by atoms with E-state index in [0.29, 0.717) is 5.69 Å². The fraction of sp³-hybridized carbons (Fsp3) is 0.0625. The number of hydrogen-bond acceptors (Lipinski definition) is 4. The van der Waals surface area contributed by atoms with Crippen LogP contribution in [0.2, 0.25) is 0 Å². The Morgan fingerprint density at radius 1 is 0.730 bits per heavy atom. The average Bonchev–Trinajstić information content (AvgIpc) is 3.34. The first kappa shape index (κ1) is 22.6. The minimum Gasteiger partial charge on any atom is -0.296 e. The van der Waals surface area contributed by atoms with Crippen LogP contribution in [0.25, 0.3) is 22.2 Å². The van der Waals surface area contributed by atoms with Gasteiger partial charge in [0.1, 0.15) is 16.9 Å². The zero-order chi connectivity index (χ0) is 25.2. The van der Waals surface area contributed by atoms with E-state index in [2.05, 4.69) is 51.0 Å². The molecule has 0 aliphatic carbocycles. The highest BCUT2D eigenvalue weighted by Crippen LogP contribution is 2.43. The smallest absolute Gasteiger partial charge is 0.168 e. The van der Waals surface area contributed by atoms with Crippen LogP contribution in [-0.4, -0.2) is 26.0 Å². The molecule has 0 bridgehead atoms. The van der Waals surface area contributed by atoms with Gasteiger partial charge in [0.25, 0.3) is 0 Å². The second-order valence-electron chi connectivity index (χ2n) is 9.00. The summed E-state index contributed by atoms with van der Waals surface area (Å²) in [6, 6.07) is 36.9. The molecular weight excluding hydrogens is 456 g/mol. The van der Waals surface area contributed by atoms with Crippen molar-refractivity contribution in [2.24, 2.45) is 0 Å². The van der Waals surface area contributed by atoms with Crippen molar-refractivity contribution in [1.82, 2.24) is 19.7 Å². The summed E-state index contributed by atoms with van der Waals surface area (Å²) in [5.41, 5.74) is 6.16. The number of hydrogen-bond donors (Lipinski definition) is 0. The molecule has 3 aromatic carbocycles. The fourth-order valence-corrected chi connectivity index (χ4v) is 5.16. The van der Waals surface area contributed by atoms with Crippen LogP contribution in [0.4, 0.5) is 0 Å². The van der Waals surface area contributed by atoms with E-state index in [9.17, 15) is 4.79 Å². The SMILES string of the molecule is Cc1cc(-c2nn(C(c3ccccc3)(c3ccccc3)c3ccccc3)c3cc(C=O)ncc23)ccn1. The number of carbonyl (C=O) groups excluding carboxylic acids is 1. The molecule has 0 amide bonds. The van der Waals surface area contributed by atoms with Crippen LogP contribution in [-0.2, 0) is 5.54 Å². The summed E-state index contributed by atoms with van der Waals surface area (Å²) in [5, 5.41) is 6.17. The number of rotatable bonds is 6. The Hall–Kier alpha value is -4.90. The highest BCUT2D eigenvalue weighted by atomic mass is 16.1. The highest BCUT2D eigenvalue weighted by molar-refractivity contribution is 5.95. The van der Waals surface area contributed by atoms with Gasteiger partial charge < -0.3 is 0 Å². The molecule has 0 fully saturated rings. The van der Waals surface area contributed by atoms with Crippen molar-refractivity contribution in [3.8, 4) is 11.3 Å². The second-order valence-corrected chi connectivity index (χ2v) is 9.00. The summed E-state index contributed by atoms with van der Waals surface area (Å²) in [5.74, 6) is 0. The lowest BCUT2D eigenvalue weighted by Crippen LogP contribution is -2.38. The van der Waals surface area contributed by atoms with Crippen LogP contribution in [0, 0.1) is 6.92 Å². The van der Waals surface area contributed by atoms with Crippen LogP contribution in [0.1, 0.15) is 32.9 Å². The van der Waals surface area contributed by atoms with Crippen LogP contribution >= 0.6 is 0 Å². The van der Waals surface area contributed by atoms with Crippen LogP contribution in [0.5, 0.6) is 0 Å². The number of carbonyl (C=O) groups is 1. The Labute approximate surface area is 215 Å². The third-order valence-corrected chi connectivity index (χ3v) is 6.77. The van der Waals surface area contributed by atoms with Crippen molar-refractivity contribution >= 4 is 17.2 Å². The predicted molar refractivity (Wildman–Crippen MR) is 145 cm³/mol. The second kappa shape index (κ2) is 9.28. The average molecular weight is 481 g/mol. The normalized spacial score (nSPS) is 11.5. The van der Waals surface area contributed by atoms with Crippen LogP contribution < -0.4 is 0 Å². The molecule has 178 valence electrons. The van der Waals surface area contributed by atoms with Gasteiger partial charge in [-0.25, -0.2) is 4.68 Å². The first-order chi connectivity index (χ1) is 18.2. The molecule has 3 heterocycles. The monoisotopic (exact) mass is 480 g/mol. The maximum absolute atomic E-state index is 11.8. The lowest BCUT2D eigenvalue weighted by molar-refractivity contribution is 0.111. The summed E-state index contributed by atoms with van der Waals surface area (Å²) in [6.45, 7) is 1.97. The minimum atomic E-state index is -0.816. The molecule has 0 N–H and O–H groups in total. The third kappa shape index (κ3) is 3.72. The molecule has 3 aromatic heterocycles. The molecule has 5 heteroatoms. The van der Waals surface area contributed by atoms with Gasteiger partial charge in [-0.15, -0.1) is 0 Å². The molecule has 6 aromatic rings. The highest BCUT2D eigenvalue weighted by Gasteiger charge is 2.41. The van der Waals surface area contributed by atoms with Gasteiger partial charge in [0.05, 0.1) is 5.52 Å². The fourth-order valence-electron chi connectivity index (χ4n) is 5.16. The third-order valence-electron chi connectivity index (χ3n) is 6.77. The minimum absolute atomic E-state index is 0.356. The first-order valence-corrected chi connectivity index (χ1v) is 12.2. The quantitative estimate of drug-likeness (QED) is 0.203. The van der Waals surface area contributed by atoms with Gasteiger partial charge in [0, 0.05) is 29.0 Å². The van der Waals surface area contributed by atoms with Crippen molar-refractivity contribution in [2.75, 3.05) is 0 Å². The lowest BCUT2D eigenvalue weighted by Gasteiger charge is -2.37. The van der Waals surface area contributed by atoms with Gasteiger partial charge >= 0.3 is 0 Å². The maximum atomic E-state index is 11.8. The summed E-state index contributed by atoms with van der Waals surface area (Å²) in [7, 11) is 0. The zero-order valence-corrected chi connectivity index (χ0v) is 20.3. The van der Waals surface area contributed by atoms with Crippen molar-refractivity contribution in [3.63, 3.8) is 0 Å². The number of aldehydes is 1. The summed E-state index contributed by atoms with van der Waals surface area (Å²) >= 11 is 0. The van der Waals surface area contributed by atoms with E-state index in [1.165, 1.54) is 0 Å². The largest absolute Gasteiger partial charge is 0.296 e. The molecule has 0 unspecified atom stereocenters. The molecule has 0 spiro atoms. The van der Waals surface area contributed by atoms with E-state index in [0.717, 1.165) is 50.8 Å². The van der Waals surface area contributed by atoms with E-state index in [4.69, 9.17) is 5.10 Å². The van der Waals surface area contributed by atoms with E-state index in [1.807, 2.05) is 79.7 Å². The van der Waals surface area contributed by atoms with E-state index in [-0.39, 0.29) is 0 Å². The molecule has 0 aliphatic heterocycles. The summed E-state index contributed by atoms with van der Waals surface area (Å²) in [6.07, 6.45) is 4.32. The van der Waals surface area contributed by atoms with Gasteiger partial charge in [-0.2, -0.15) is 5.10 Å². The van der Waals surface area contributed by atoms with E-state index >= 15 is 0 Å². The van der Waals surface area contributed by atoms with Gasteiger partial charge in [-0.1, -0.05) is 91.0 Å². The summed E-state index contributed by atoms with van der Waals surface area (Å²) in [4.78, 5) is 20.6.